The molecule has 0 saturated carbocycles. The molecule has 0 atom stereocenters. The van der Waals surface area contributed by atoms with Crippen molar-refractivity contribution in [2.24, 2.45) is 0 Å². The maximum absolute atomic E-state index is 12.4. The molecule has 0 aliphatic heterocycles. The molecule has 0 saturated heterocycles. The number of thioether (sulfide) groups is 1. The predicted molar refractivity (Wildman–Crippen MR) is 125 cm³/mol. The van der Waals surface area contributed by atoms with Crippen LogP contribution in [0.1, 0.15) is 12.0 Å². The third-order valence-corrected chi connectivity index (χ3v) is 7.39. The number of thiazole rings is 1. The maximum atomic E-state index is 12.4. The second-order valence-electron chi connectivity index (χ2n) is 6.89. The molecule has 3 aromatic rings. The fourth-order valence-corrected chi connectivity index (χ4v) is 5.21. The maximum Gasteiger partial charge on any atom is 0.232 e. The van der Waals surface area contributed by atoms with Gasteiger partial charge in [0.05, 0.1) is 26.0 Å². The number of rotatable bonds is 9. The molecule has 0 bridgehead atoms. The Hall–Kier alpha value is -1.31. The Balaban J connectivity index is 1.38. The fraction of sp³-hybridized carbons (Fsp3) is 0.333. The van der Waals surface area contributed by atoms with Gasteiger partial charge in [-0.3, -0.25) is 4.79 Å². The van der Waals surface area contributed by atoms with Crippen LogP contribution in [0, 0.1) is 0 Å². The van der Waals surface area contributed by atoms with Crippen LogP contribution < -0.4 is 0 Å². The SMILES string of the molecule is CN(CCCN(C)C(=O)CSc1nc2ccccc2s1)Cc1ccc(Cl)c(Cl)c1. The lowest BCUT2D eigenvalue weighted by Crippen LogP contribution is -2.31. The van der Waals surface area contributed by atoms with Crippen molar-refractivity contribution >= 4 is 62.4 Å². The number of carbonyl (C=O) groups excluding carboxylic acids is 1. The van der Waals surface area contributed by atoms with E-state index in [1.807, 2.05) is 43.4 Å². The van der Waals surface area contributed by atoms with Gasteiger partial charge in [0.15, 0.2) is 4.34 Å². The first-order chi connectivity index (χ1) is 13.9. The molecule has 29 heavy (non-hydrogen) atoms. The van der Waals surface area contributed by atoms with Crippen molar-refractivity contribution in [3.8, 4) is 0 Å². The van der Waals surface area contributed by atoms with Crippen LogP contribution in [0.15, 0.2) is 46.8 Å². The first-order valence-corrected chi connectivity index (χ1v) is 11.8. The van der Waals surface area contributed by atoms with E-state index >= 15 is 0 Å². The Morgan fingerprint density at radius 3 is 2.66 bits per heavy atom. The fourth-order valence-electron chi connectivity index (χ4n) is 2.88. The number of amides is 1. The molecular formula is C21H23Cl2N3OS2. The Labute approximate surface area is 189 Å². The van der Waals surface area contributed by atoms with Gasteiger partial charge >= 0.3 is 0 Å². The quantitative estimate of drug-likeness (QED) is 0.379. The summed E-state index contributed by atoms with van der Waals surface area (Å²) in [6, 6.07) is 13.7. The number of hydrogen-bond acceptors (Lipinski definition) is 5. The van der Waals surface area contributed by atoms with Gasteiger partial charge in [0, 0.05) is 20.1 Å². The van der Waals surface area contributed by atoms with Crippen LogP contribution in [0.25, 0.3) is 10.2 Å². The zero-order chi connectivity index (χ0) is 20.8. The summed E-state index contributed by atoms with van der Waals surface area (Å²) >= 11 is 15.2. The Bertz CT molecular complexity index is 946. The smallest absolute Gasteiger partial charge is 0.232 e. The highest BCUT2D eigenvalue weighted by atomic mass is 35.5. The van der Waals surface area contributed by atoms with Gasteiger partial charge in [-0.25, -0.2) is 4.98 Å². The summed E-state index contributed by atoms with van der Waals surface area (Å²) in [4.78, 5) is 21.0. The minimum Gasteiger partial charge on any atom is -0.345 e. The van der Waals surface area contributed by atoms with Crippen LogP contribution in [0.2, 0.25) is 10.0 Å². The molecule has 154 valence electrons. The molecule has 0 fully saturated rings. The molecule has 1 amide bonds. The zero-order valence-electron chi connectivity index (χ0n) is 16.4. The van der Waals surface area contributed by atoms with Crippen molar-refractivity contribution in [1.29, 1.82) is 0 Å². The first kappa shape index (κ1) is 22.4. The molecule has 0 N–H and O–H groups in total. The van der Waals surface area contributed by atoms with E-state index in [1.54, 1.807) is 16.2 Å². The Kier molecular flexibility index (Phi) is 8.21. The highest BCUT2D eigenvalue weighted by Gasteiger charge is 2.12. The predicted octanol–water partition coefficient (Wildman–Crippen LogP) is 5.68. The number of benzene rings is 2. The molecule has 3 rings (SSSR count). The van der Waals surface area contributed by atoms with Crippen LogP contribution in [-0.4, -0.2) is 53.6 Å². The molecule has 0 aliphatic rings. The largest absolute Gasteiger partial charge is 0.345 e. The number of para-hydroxylation sites is 1. The lowest BCUT2D eigenvalue weighted by atomic mass is 10.2. The van der Waals surface area contributed by atoms with E-state index in [-0.39, 0.29) is 5.91 Å². The van der Waals surface area contributed by atoms with Crippen molar-refractivity contribution < 1.29 is 4.79 Å². The Morgan fingerprint density at radius 2 is 1.90 bits per heavy atom. The number of fused-ring (bicyclic) bond motifs is 1. The van der Waals surface area contributed by atoms with Crippen molar-refractivity contribution in [3.05, 3.63) is 58.1 Å². The van der Waals surface area contributed by atoms with E-state index in [0.29, 0.717) is 15.8 Å². The van der Waals surface area contributed by atoms with E-state index in [1.165, 1.54) is 11.8 Å². The van der Waals surface area contributed by atoms with Crippen molar-refractivity contribution in [3.63, 3.8) is 0 Å². The lowest BCUT2D eigenvalue weighted by molar-refractivity contribution is -0.127. The number of aromatic nitrogens is 1. The molecule has 2 aromatic carbocycles. The van der Waals surface area contributed by atoms with E-state index in [9.17, 15) is 4.79 Å². The number of nitrogens with zero attached hydrogens (tertiary/aromatic N) is 3. The Morgan fingerprint density at radius 1 is 1.10 bits per heavy atom. The van der Waals surface area contributed by atoms with Gasteiger partial charge in [0.2, 0.25) is 5.91 Å². The van der Waals surface area contributed by atoms with Crippen molar-refractivity contribution in [2.75, 3.05) is 32.9 Å². The average Bonchev–Trinajstić information content (AvgIpc) is 3.12. The summed E-state index contributed by atoms with van der Waals surface area (Å²) in [6.45, 7) is 2.41. The van der Waals surface area contributed by atoms with Crippen LogP contribution in [0.4, 0.5) is 0 Å². The van der Waals surface area contributed by atoms with Gasteiger partial charge in [-0.15, -0.1) is 11.3 Å². The van der Waals surface area contributed by atoms with Gasteiger partial charge in [-0.05, 0) is 49.8 Å². The second-order valence-corrected chi connectivity index (χ2v) is 9.96. The molecule has 1 heterocycles. The number of hydrogen-bond donors (Lipinski definition) is 0. The van der Waals surface area contributed by atoms with E-state index in [4.69, 9.17) is 23.2 Å². The molecule has 8 heteroatoms. The standard InChI is InChI=1S/C21H23Cl2N3OS2/c1-25(13-15-8-9-16(22)17(23)12-15)10-5-11-26(2)20(27)14-28-21-24-18-6-3-4-7-19(18)29-21/h3-4,6-9,12H,5,10-11,13-14H2,1-2H3. The van der Waals surface area contributed by atoms with Crippen molar-refractivity contribution in [1.82, 2.24) is 14.8 Å². The van der Waals surface area contributed by atoms with Crippen LogP contribution in [-0.2, 0) is 11.3 Å². The van der Waals surface area contributed by atoms with Gasteiger partial charge in [0.25, 0.3) is 0 Å². The molecule has 0 spiro atoms. The summed E-state index contributed by atoms with van der Waals surface area (Å²) in [5, 5.41) is 1.15. The molecule has 0 unspecified atom stereocenters. The van der Waals surface area contributed by atoms with Gasteiger partial charge in [0.1, 0.15) is 0 Å². The van der Waals surface area contributed by atoms with Crippen LogP contribution >= 0.6 is 46.3 Å². The summed E-state index contributed by atoms with van der Waals surface area (Å²) in [7, 11) is 3.92. The summed E-state index contributed by atoms with van der Waals surface area (Å²) in [6.07, 6.45) is 0.909. The van der Waals surface area contributed by atoms with E-state index in [2.05, 4.69) is 23.0 Å². The van der Waals surface area contributed by atoms with Crippen LogP contribution in [0.3, 0.4) is 0 Å². The van der Waals surface area contributed by atoms with Gasteiger partial charge in [-0.2, -0.15) is 0 Å². The summed E-state index contributed by atoms with van der Waals surface area (Å²) in [5.41, 5.74) is 2.12. The number of carbonyl (C=O) groups is 1. The second kappa shape index (κ2) is 10.6. The zero-order valence-corrected chi connectivity index (χ0v) is 19.5. The van der Waals surface area contributed by atoms with E-state index in [0.717, 1.165) is 46.2 Å². The van der Waals surface area contributed by atoms with Gasteiger partial charge in [-0.1, -0.05) is 53.2 Å². The van der Waals surface area contributed by atoms with Crippen molar-refractivity contribution in [2.45, 2.75) is 17.3 Å². The topological polar surface area (TPSA) is 36.4 Å². The normalized spacial score (nSPS) is 11.3. The third kappa shape index (κ3) is 6.59. The van der Waals surface area contributed by atoms with Gasteiger partial charge < -0.3 is 9.80 Å². The van der Waals surface area contributed by atoms with Crippen LogP contribution in [0.5, 0.6) is 0 Å². The average molecular weight is 468 g/mol. The minimum absolute atomic E-state index is 0.126. The highest BCUT2D eigenvalue weighted by Crippen LogP contribution is 2.29. The minimum atomic E-state index is 0.126. The van der Waals surface area contributed by atoms with E-state index < -0.39 is 0 Å². The highest BCUT2D eigenvalue weighted by molar-refractivity contribution is 8.01. The summed E-state index contributed by atoms with van der Waals surface area (Å²) in [5.74, 6) is 0.538. The monoisotopic (exact) mass is 467 g/mol. The summed E-state index contributed by atoms with van der Waals surface area (Å²) < 4.78 is 2.09. The lowest BCUT2D eigenvalue weighted by Gasteiger charge is -2.20. The molecule has 1 aromatic heterocycles. The molecule has 0 radical (unpaired) electrons. The molecular weight excluding hydrogens is 445 g/mol. The molecule has 4 nitrogen and oxygen atoms in total. The number of halogens is 2. The first-order valence-electron chi connectivity index (χ1n) is 9.27. The molecule has 0 aliphatic carbocycles. The third-order valence-electron chi connectivity index (χ3n) is 4.49.